The Morgan fingerprint density at radius 3 is 2.74 bits per heavy atom. The fraction of sp³-hybridized carbons (Fsp3) is 0.500. The molecule has 1 aliphatic carbocycles. The molecule has 102 valence electrons. The molecule has 0 bridgehead atoms. The van der Waals surface area contributed by atoms with E-state index < -0.39 is 0 Å². The van der Waals surface area contributed by atoms with Crippen LogP contribution in [0.1, 0.15) is 41.6 Å². The first kappa shape index (κ1) is 13.5. The predicted octanol–water partition coefficient (Wildman–Crippen LogP) is 1.44. The number of aryl methyl sites for hydroxylation is 1. The van der Waals surface area contributed by atoms with Crippen molar-refractivity contribution in [3.63, 3.8) is 0 Å². The number of aromatic nitrogens is 1. The SMILES string of the molecule is Cc1cc(C=O)cnc1N(CC(N)=O)C1CCCC1. The van der Waals surface area contributed by atoms with Crippen LogP contribution in [0.25, 0.3) is 0 Å². The summed E-state index contributed by atoms with van der Waals surface area (Å²) < 4.78 is 0. The Kier molecular flexibility index (Phi) is 4.14. The number of pyridine rings is 1. The summed E-state index contributed by atoms with van der Waals surface area (Å²) in [5.74, 6) is 0.406. The Morgan fingerprint density at radius 2 is 2.21 bits per heavy atom. The fourth-order valence-electron chi connectivity index (χ4n) is 2.72. The molecule has 5 heteroatoms. The van der Waals surface area contributed by atoms with Gasteiger partial charge < -0.3 is 10.6 Å². The molecule has 0 radical (unpaired) electrons. The lowest BCUT2D eigenvalue weighted by molar-refractivity contribution is -0.116. The van der Waals surface area contributed by atoms with Gasteiger partial charge in [-0.25, -0.2) is 4.98 Å². The van der Waals surface area contributed by atoms with Crippen LogP contribution in [-0.4, -0.2) is 29.8 Å². The van der Waals surface area contributed by atoms with E-state index in [9.17, 15) is 9.59 Å². The van der Waals surface area contributed by atoms with Crippen LogP contribution in [0.3, 0.4) is 0 Å². The monoisotopic (exact) mass is 261 g/mol. The summed E-state index contributed by atoms with van der Waals surface area (Å²) in [7, 11) is 0. The van der Waals surface area contributed by atoms with Crippen molar-refractivity contribution < 1.29 is 9.59 Å². The van der Waals surface area contributed by atoms with Crippen molar-refractivity contribution in [2.75, 3.05) is 11.4 Å². The van der Waals surface area contributed by atoms with E-state index in [4.69, 9.17) is 5.73 Å². The maximum Gasteiger partial charge on any atom is 0.237 e. The number of carbonyl (C=O) groups is 2. The third-order valence-electron chi connectivity index (χ3n) is 3.57. The number of rotatable bonds is 5. The highest BCUT2D eigenvalue weighted by molar-refractivity contribution is 5.80. The van der Waals surface area contributed by atoms with E-state index in [0.29, 0.717) is 11.6 Å². The van der Waals surface area contributed by atoms with Crippen LogP contribution in [0.5, 0.6) is 0 Å². The molecule has 0 saturated heterocycles. The minimum absolute atomic E-state index is 0.180. The van der Waals surface area contributed by atoms with Crippen molar-refractivity contribution >= 4 is 18.0 Å². The second-order valence-electron chi connectivity index (χ2n) is 5.06. The number of nitrogens with zero attached hydrogens (tertiary/aromatic N) is 2. The zero-order chi connectivity index (χ0) is 13.8. The number of aldehydes is 1. The summed E-state index contributed by atoms with van der Waals surface area (Å²) >= 11 is 0. The molecule has 0 aromatic carbocycles. The van der Waals surface area contributed by atoms with Crippen LogP contribution in [0.2, 0.25) is 0 Å². The first-order valence-corrected chi connectivity index (χ1v) is 6.58. The Balaban J connectivity index is 2.31. The molecule has 1 aliphatic rings. The molecule has 1 saturated carbocycles. The van der Waals surface area contributed by atoms with Crippen LogP contribution < -0.4 is 10.6 Å². The lowest BCUT2D eigenvalue weighted by Crippen LogP contribution is -2.41. The second-order valence-corrected chi connectivity index (χ2v) is 5.06. The van der Waals surface area contributed by atoms with E-state index in [0.717, 1.165) is 30.5 Å². The van der Waals surface area contributed by atoms with E-state index >= 15 is 0 Å². The van der Waals surface area contributed by atoms with Gasteiger partial charge in [0.15, 0.2) is 6.29 Å². The Hall–Kier alpha value is -1.91. The molecule has 1 heterocycles. The molecule has 1 fully saturated rings. The summed E-state index contributed by atoms with van der Waals surface area (Å²) in [4.78, 5) is 28.3. The molecule has 2 rings (SSSR count). The summed E-state index contributed by atoms with van der Waals surface area (Å²) in [5.41, 5.74) is 6.79. The van der Waals surface area contributed by atoms with Gasteiger partial charge >= 0.3 is 0 Å². The van der Waals surface area contributed by atoms with E-state index in [2.05, 4.69) is 4.98 Å². The molecule has 0 unspecified atom stereocenters. The molecular weight excluding hydrogens is 242 g/mol. The van der Waals surface area contributed by atoms with Crippen molar-refractivity contribution in [2.45, 2.75) is 38.6 Å². The Morgan fingerprint density at radius 1 is 1.53 bits per heavy atom. The standard InChI is InChI=1S/C14H19N3O2/c1-10-6-11(9-18)7-16-14(10)17(8-13(15)19)12-4-2-3-5-12/h6-7,9,12H,2-5,8H2,1H3,(H2,15,19). The molecule has 1 aromatic heterocycles. The first-order chi connectivity index (χ1) is 9.11. The third-order valence-corrected chi connectivity index (χ3v) is 3.57. The normalized spacial score (nSPS) is 15.4. The highest BCUT2D eigenvalue weighted by atomic mass is 16.1. The van der Waals surface area contributed by atoms with Crippen molar-refractivity contribution in [2.24, 2.45) is 5.73 Å². The number of primary amides is 1. The van der Waals surface area contributed by atoms with Crippen LogP contribution in [-0.2, 0) is 4.79 Å². The van der Waals surface area contributed by atoms with Gasteiger partial charge in [0.1, 0.15) is 5.82 Å². The molecule has 2 N–H and O–H groups in total. The first-order valence-electron chi connectivity index (χ1n) is 6.58. The lowest BCUT2D eigenvalue weighted by Gasteiger charge is -2.30. The van der Waals surface area contributed by atoms with Crippen LogP contribution in [0, 0.1) is 6.92 Å². The molecule has 19 heavy (non-hydrogen) atoms. The van der Waals surface area contributed by atoms with Gasteiger partial charge in [-0.3, -0.25) is 9.59 Å². The number of anilines is 1. The van der Waals surface area contributed by atoms with Crippen molar-refractivity contribution in [3.05, 3.63) is 23.4 Å². The largest absolute Gasteiger partial charge is 0.368 e. The summed E-state index contributed by atoms with van der Waals surface area (Å²) in [6, 6.07) is 2.11. The van der Waals surface area contributed by atoms with Gasteiger partial charge in [0.25, 0.3) is 0 Å². The summed E-state index contributed by atoms with van der Waals surface area (Å²) in [5, 5.41) is 0. The molecule has 0 atom stereocenters. The average molecular weight is 261 g/mol. The minimum atomic E-state index is -0.354. The smallest absolute Gasteiger partial charge is 0.237 e. The summed E-state index contributed by atoms with van der Waals surface area (Å²) in [6.07, 6.45) is 6.78. The van der Waals surface area contributed by atoms with Crippen LogP contribution >= 0.6 is 0 Å². The zero-order valence-electron chi connectivity index (χ0n) is 11.1. The van der Waals surface area contributed by atoms with Gasteiger partial charge in [0.05, 0.1) is 6.54 Å². The second kappa shape index (κ2) is 5.82. The van der Waals surface area contributed by atoms with Gasteiger partial charge in [-0.2, -0.15) is 0 Å². The lowest BCUT2D eigenvalue weighted by atomic mass is 10.1. The van der Waals surface area contributed by atoms with E-state index in [1.807, 2.05) is 11.8 Å². The van der Waals surface area contributed by atoms with Gasteiger partial charge in [-0.1, -0.05) is 12.8 Å². The maximum absolute atomic E-state index is 11.3. The Bertz CT molecular complexity index is 482. The maximum atomic E-state index is 11.3. The summed E-state index contributed by atoms with van der Waals surface area (Å²) in [6.45, 7) is 2.08. The van der Waals surface area contributed by atoms with Crippen molar-refractivity contribution in [1.82, 2.24) is 4.98 Å². The molecule has 1 amide bonds. The molecule has 0 aliphatic heterocycles. The van der Waals surface area contributed by atoms with E-state index in [1.165, 1.54) is 19.0 Å². The number of nitrogens with two attached hydrogens (primary N) is 1. The third kappa shape index (κ3) is 3.10. The highest BCUT2D eigenvalue weighted by Crippen LogP contribution is 2.28. The van der Waals surface area contributed by atoms with Gasteiger partial charge in [0, 0.05) is 17.8 Å². The van der Waals surface area contributed by atoms with E-state index in [1.54, 1.807) is 6.07 Å². The number of hydrogen-bond donors (Lipinski definition) is 1. The fourth-order valence-corrected chi connectivity index (χ4v) is 2.72. The number of amides is 1. The Labute approximate surface area is 112 Å². The topological polar surface area (TPSA) is 76.3 Å². The van der Waals surface area contributed by atoms with Gasteiger partial charge in [-0.15, -0.1) is 0 Å². The minimum Gasteiger partial charge on any atom is -0.368 e. The van der Waals surface area contributed by atoms with Gasteiger partial charge in [-0.05, 0) is 31.4 Å². The zero-order valence-corrected chi connectivity index (χ0v) is 11.1. The molecular formula is C14H19N3O2. The highest BCUT2D eigenvalue weighted by Gasteiger charge is 2.26. The van der Waals surface area contributed by atoms with Gasteiger partial charge in [0.2, 0.25) is 5.91 Å². The van der Waals surface area contributed by atoms with Crippen LogP contribution in [0.15, 0.2) is 12.3 Å². The predicted molar refractivity (Wildman–Crippen MR) is 73.2 cm³/mol. The number of carbonyl (C=O) groups excluding carboxylic acids is 2. The van der Waals surface area contributed by atoms with Crippen LogP contribution in [0.4, 0.5) is 5.82 Å². The number of hydrogen-bond acceptors (Lipinski definition) is 4. The molecule has 1 aromatic rings. The van der Waals surface area contributed by atoms with E-state index in [-0.39, 0.29) is 12.5 Å². The average Bonchev–Trinajstić information content (AvgIpc) is 2.89. The van der Waals surface area contributed by atoms with Crippen molar-refractivity contribution in [3.8, 4) is 0 Å². The molecule has 5 nitrogen and oxygen atoms in total. The van der Waals surface area contributed by atoms with Crippen molar-refractivity contribution in [1.29, 1.82) is 0 Å². The quantitative estimate of drug-likeness (QED) is 0.814. The molecule has 0 spiro atoms.